The summed E-state index contributed by atoms with van der Waals surface area (Å²) in [6.07, 6.45) is 1.70. The molecule has 2 N–H and O–H groups in total. The van der Waals surface area contributed by atoms with Gasteiger partial charge in [0.2, 0.25) is 0 Å². The van der Waals surface area contributed by atoms with Gasteiger partial charge in [-0.2, -0.15) is 0 Å². The molecule has 0 aliphatic carbocycles. The zero-order chi connectivity index (χ0) is 12.1. The summed E-state index contributed by atoms with van der Waals surface area (Å²) < 4.78 is 5.35. The Hall–Kier alpha value is -1.55. The van der Waals surface area contributed by atoms with Crippen LogP contribution in [0.1, 0.15) is 10.4 Å². The summed E-state index contributed by atoms with van der Waals surface area (Å²) in [5.74, 6) is -0.314. The maximum absolute atomic E-state index is 11.7. The standard InChI is InChI=1S/C12H17NO2Si/c1-4-11(16(2)3)15-12(14)9-5-7-10(13)8-6-9/h4-8,11,16H,1,13H2,2-3H3. The molecule has 16 heavy (non-hydrogen) atoms. The number of hydrogen-bond acceptors (Lipinski definition) is 3. The smallest absolute Gasteiger partial charge is 0.338 e. The van der Waals surface area contributed by atoms with Gasteiger partial charge in [0.05, 0.1) is 14.4 Å². The number of carbonyl (C=O) groups is 1. The van der Waals surface area contributed by atoms with E-state index < -0.39 is 8.80 Å². The highest BCUT2D eigenvalue weighted by molar-refractivity contribution is 6.58. The van der Waals surface area contributed by atoms with Gasteiger partial charge in [-0.05, 0) is 24.3 Å². The first-order valence-electron chi connectivity index (χ1n) is 5.23. The van der Waals surface area contributed by atoms with Crippen molar-refractivity contribution in [1.82, 2.24) is 0 Å². The molecule has 0 aliphatic rings. The van der Waals surface area contributed by atoms with Crippen molar-refractivity contribution in [2.75, 3.05) is 5.73 Å². The van der Waals surface area contributed by atoms with Crippen molar-refractivity contribution in [2.45, 2.75) is 18.8 Å². The molecule has 0 fully saturated rings. The first-order chi connectivity index (χ1) is 7.54. The molecule has 1 aromatic carbocycles. The fourth-order valence-corrected chi connectivity index (χ4v) is 2.21. The molecule has 1 aromatic rings. The second-order valence-electron chi connectivity index (χ2n) is 3.97. The number of ether oxygens (including phenoxy) is 1. The molecule has 1 atom stereocenters. The Morgan fingerprint density at radius 2 is 2.00 bits per heavy atom. The molecule has 0 saturated carbocycles. The second kappa shape index (κ2) is 5.51. The summed E-state index contributed by atoms with van der Waals surface area (Å²) in [6, 6.07) is 6.71. The van der Waals surface area contributed by atoms with Gasteiger partial charge in [0.1, 0.15) is 5.73 Å². The van der Waals surface area contributed by atoms with E-state index in [-0.39, 0.29) is 11.7 Å². The molecule has 1 unspecified atom stereocenters. The Balaban J connectivity index is 2.71. The minimum absolute atomic E-state index is 0.120. The minimum atomic E-state index is -1.06. The SMILES string of the molecule is C=CC(OC(=O)c1ccc(N)cc1)[SiH](C)C. The Morgan fingerprint density at radius 1 is 1.44 bits per heavy atom. The van der Waals surface area contributed by atoms with Crippen LogP contribution in [0.2, 0.25) is 13.1 Å². The van der Waals surface area contributed by atoms with Gasteiger partial charge in [0.25, 0.3) is 0 Å². The molecule has 1 rings (SSSR count). The molecule has 0 bridgehead atoms. The highest BCUT2D eigenvalue weighted by Gasteiger charge is 2.16. The monoisotopic (exact) mass is 235 g/mol. The van der Waals surface area contributed by atoms with Gasteiger partial charge in [0.15, 0.2) is 0 Å². The van der Waals surface area contributed by atoms with Crippen LogP contribution < -0.4 is 5.73 Å². The van der Waals surface area contributed by atoms with E-state index in [2.05, 4.69) is 19.7 Å². The molecule has 0 heterocycles. The van der Waals surface area contributed by atoms with Crippen molar-refractivity contribution in [3.05, 3.63) is 42.5 Å². The number of benzene rings is 1. The summed E-state index contributed by atoms with van der Waals surface area (Å²) in [6.45, 7) is 7.91. The number of hydrogen-bond donors (Lipinski definition) is 1. The van der Waals surface area contributed by atoms with Crippen molar-refractivity contribution in [3.8, 4) is 0 Å². The lowest BCUT2D eigenvalue weighted by atomic mass is 10.2. The van der Waals surface area contributed by atoms with Crippen LogP contribution in [0.25, 0.3) is 0 Å². The van der Waals surface area contributed by atoms with E-state index in [0.717, 1.165) is 0 Å². The van der Waals surface area contributed by atoms with Crippen LogP contribution in [0.3, 0.4) is 0 Å². The Labute approximate surface area is 97.5 Å². The third-order valence-electron chi connectivity index (χ3n) is 2.28. The first-order valence-corrected chi connectivity index (χ1v) is 8.21. The predicted molar refractivity (Wildman–Crippen MR) is 69.1 cm³/mol. The van der Waals surface area contributed by atoms with E-state index >= 15 is 0 Å². The third-order valence-corrected chi connectivity index (χ3v) is 4.00. The van der Waals surface area contributed by atoms with Crippen molar-refractivity contribution in [1.29, 1.82) is 0 Å². The number of nitrogens with two attached hydrogens (primary N) is 1. The average molecular weight is 235 g/mol. The van der Waals surface area contributed by atoms with Gasteiger partial charge in [-0.1, -0.05) is 25.7 Å². The minimum Gasteiger partial charge on any atom is -0.459 e. The molecule has 0 amide bonds. The number of anilines is 1. The normalized spacial score (nSPS) is 12.2. The summed E-state index contributed by atoms with van der Waals surface area (Å²) in [7, 11) is -1.06. The van der Waals surface area contributed by atoms with E-state index in [1.54, 1.807) is 30.3 Å². The van der Waals surface area contributed by atoms with Gasteiger partial charge in [-0.25, -0.2) is 4.79 Å². The van der Waals surface area contributed by atoms with Crippen molar-refractivity contribution in [3.63, 3.8) is 0 Å². The zero-order valence-corrected chi connectivity index (χ0v) is 10.8. The lowest BCUT2D eigenvalue weighted by molar-refractivity contribution is 0.0495. The second-order valence-corrected chi connectivity index (χ2v) is 7.12. The molecule has 0 radical (unpaired) electrons. The molecular formula is C12H17NO2Si. The first kappa shape index (κ1) is 12.5. The Morgan fingerprint density at radius 3 is 2.44 bits per heavy atom. The van der Waals surface area contributed by atoms with E-state index in [9.17, 15) is 4.79 Å². The highest BCUT2D eigenvalue weighted by Crippen LogP contribution is 2.09. The highest BCUT2D eigenvalue weighted by atomic mass is 28.3. The van der Waals surface area contributed by atoms with Gasteiger partial charge in [0, 0.05) is 5.69 Å². The largest absolute Gasteiger partial charge is 0.459 e. The lowest BCUT2D eigenvalue weighted by Crippen LogP contribution is -2.28. The molecule has 3 nitrogen and oxygen atoms in total. The van der Waals surface area contributed by atoms with E-state index in [0.29, 0.717) is 11.3 Å². The number of rotatable bonds is 4. The summed E-state index contributed by atoms with van der Waals surface area (Å²) in [5, 5.41) is 0. The van der Waals surface area contributed by atoms with Crippen LogP contribution in [0.4, 0.5) is 5.69 Å². The molecule has 0 aliphatic heterocycles. The molecular weight excluding hydrogens is 218 g/mol. The summed E-state index contributed by atoms with van der Waals surface area (Å²) in [5.41, 5.74) is 6.58. The van der Waals surface area contributed by atoms with Gasteiger partial charge in [-0.3, -0.25) is 0 Å². The van der Waals surface area contributed by atoms with Crippen LogP contribution in [0, 0.1) is 0 Å². The van der Waals surface area contributed by atoms with Gasteiger partial charge in [-0.15, -0.1) is 0 Å². The fourth-order valence-electron chi connectivity index (χ4n) is 1.27. The quantitative estimate of drug-likeness (QED) is 0.376. The van der Waals surface area contributed by atoms with E-state index in [1.807, 2.05) is 0 Å². The molecule has 86 valence electrons. The fraction of sp³-hybridized carbons (Fsp3) is 0.250. The van der Waals surface area contributed by atoms with Crippen molar-refractivity contribution < 1.29 is 9.53 Å². The zero-order valence-electron chi connectivity index (χ0n) is 9.64. The van der Waals surface area contributed by atoms with E-state index in [1.165, 1.54) is 0 Å². The Kier molecular flexibility index (Phi) is 4.31. The third kappa shape index (κ3) is 3.24. The van der Waals surface area contributed by atoms with Crippen LogP contribution in [-0.2, 0) is 4.74 Å². The Bertz CT molecular complexity index is 373. The molecule has 0 aromatic heterocycles. The topological polar surface area (TPSA) is 52.3 Å². The predicted octanol–water partition coefficient (Wildman–Crippen LogP) is 2.01. The van der Waals surface area contributed by atoms with Crippen LogP contribution >= 0.6 is 0 Å². The van der Waals surface area contributed by atoms with Gasteiger partial charge >= 0.3 is 5.97 Å². The maximum atomic E-state index is 11.7. The number of esters is 1. The molecule has 0 saturated heterocycles. The van der Waals surface area contributed by atoms with Crippen molar-refractivity contribution in [2.24, 2.45) is 0 Å². The number of carbonyl (C=O) groups excluding carboxylic acids is 1. The molecule has 4 heteroatoms. The van der Waals surface area contributed by atoms with Crippen molar-refractivity contribution >= 4 is 20.5 Å². The van der Waals surface area contributed by atoms with Crippen LogP contribution in [0.15, 0.2) is 36.9 Å². The van der Waals surface area contributed by atoms with Gasteiger partial charge < -0.3 is 10.5 Å². The van der Waals surface area contributed by atoms with E-state index in [4.69, 9.17) is 10.5 Å². The summed E-state index contributed by atoms with van der Waals surface area (Å²) in [4.78, 5) is 11.7. The summed E-state index contributed by atoms with van der Waals surface area (Å²) >= 11 is 0. The molecule has 0 spiro atoms. The number of nitrogen functional groups attached to an aromatic ring is 1. The maximum Gasteiger partial charge on any atom is 0.338 e. The average Bonchev–Trinajstić information content (AvgIpc) is 2.26. The lowest BCUT2D eigenvalue weighted by Gasteiger charge is -2.16. The van der Waals surface area contributed by atoms with Crippen LogP contribution in [-0.4, -0.2) is 20.5 Å². The van der Waals surface area contributed by atoms with Crippen LogP contribution in [0.5, 0.6) is 0 Å².